The summed E-state index contributed by atoms with van der Waals surface area (Å²) < 4.78 is 0. The number of aliphatic hydroxyl groups excluding tert-OH is 1. The van der Waals surface area contributed by atoms with E-state index >= 15 is 0 Å². The molecule has 0 unspecified atom stereocenters. The van der Waals surface area contributed by atoms with Gasteiger partial charge in [0.1, 0.15) is 0 Å². The minimum atomic E-state index is -0.909. The fourth-order valence-electron chi connectivity index (χ4n) is 2.27. The zero-order valence-electron chi connectivity index (χ0n) is 10.2. The van der Waals surface area contributed by atoms with Gasteiger partial charge in [0, 0.05) is 26.2 Å². The van der Waals surface area contributed by atoms with E-state index in [2.05, 4.69) is 4.90 Å². The van der Waals surface area contributed by atoms with Gasteiger partial charge in [-0.3, -0.25) is 4.90 Å². The van der Waals surface area contributed by atoms with E-state index in [-0.39, 0.29) is 12.6 Å². The van der Waals surface area contributed by atoms with Crippen molar-refractivity contribution < 1.29 is 15.0 Å². The highest BCUT2D eigenvalue weighted by atomic mass is 16.4. The first-order valence-corrected chi connectivity index (χ1v) is 6.07. The topological polar surface area (TPSA) is 64.0 Å². The third-order valence-electron chi connectivity index (χ3n) is 3.31. The van der Waals surface area contributed by atoms with Crippen molar-refractivity contribution in [3.8, 4) is 0 Å². The Morgan fingerprint density at radius 3 is 2.61 bits per heavy atom. The van der Waals surface area contributed by atoms with Gasteiger partial charge in [0.05, 0.1) is 12.6 Å². The van der Waals surface area contributed by atoms with Crippen molar-refractivity contribution >= 4 is 6.09 Å². The Labute approximate surface area is 106 Å². The van der Waals surface area contributed by atoms with Gasteiger partial charge in [0.25, 0.3) is 0 Å². The number of carboxylic acid groups (broad SMARTS) is 1. The maximum absolute atomic E-state index is 10.9. The Morgan fingerprint density at radius 1 is 1.28 bits per heavy atom. The molecule has 1 fully saturated rings. The normalized spacial score (nSPS) is 20.9. The highest BCUT2D eigenvalue weighted by molar-refractivity contribution is 5.65. The average Bonchev–Trinajstić information content (AvgIpc) is 2.40. The molecule has 5 nitrogen and oxygen atoms in total. The van der Waals surface area contributed by atoms with Crippen LogP contribution in [0.5, 0.6) is 0 Å². The number of benzene rings is 1. The highest BCUT2D eigenvalue weighted by Gasteiger charge is 2.28. The van der Waals surface area contributed by atoms with Crippen LogP contribution in [-0.4, -0.2) is 58.4 Å². The van der Waals surface area contributed by atoms with E-state index in [4.69, 9.17) is 5.11 Å². The van der Waals surface area contributed by atoms with Crippen LogP contribution < -0.4 is 0 Å². The van der Waals surface area contributed by atoms with Gasteiger partial charge in [-0.15, -0.1) is 0 Å². The lowest BCUT2D eigenvalue weighted by molar-refractivity contribution is 0.0368. The molecule has 5 heteroatoms. The van der Waals surface area contributed by atoms with E-state index in [1.165, 1.54) is 10.5 Å². The van der Waals surface area contributed by atoms with Gasteiger partial charge in [0.2, 0.25) is 0 Å². The van der Waals surface area contributed by atoms with Crippen molar-refractivity contribution in [2.45, 2.75) is 12.6 Å². The van der Waals surface area contributed by atoms with Crippen LogP contribution >= 0.6 is 0 Å². The van der Waals surface area contributed by atoms with Crippen molar-refractivity contribution in [2.75, 3.05) is 26.2 Å². The van der Waals surface area contributed by atoms with Gasteiger partial charge in [-0.05, 0) is 5.56 Å². The Balaban J connectivity index is 1.99. The van der Waals surface area contributed by atoms with Gasteiger partial charge < -0.3 is 15.1 Å². The fourth-order valence-corrected chi connectivity index (χ4v) is 2.27. The number of rotatable bonds is 3. The largest absolute Gasteiger partial charge is 0.465 e. The first-order chi connectivity index (χ1) is 8.70. The number of nitrogens with zero attached hydrogens (tertiary/aromatic N) is 2. The van der Waals surface area contributed by atoms with Crippen LogP contribution in [0, 0.1) is 0 Å². The van der Waals surface area contributed by atoms with E-state index < -0.39 is 6.09 Å². The summed E-state index contributed by atoms with van der Waals surface area (Å²) in [6, 6.07) is 9.90. The van der Waals surface area contributed by atoms with Crippen LogP contribution in [0.4, 0.5) is 4.79 Å². The van der Waals surface area contributed by atoms with Gasteiger partial charge >= 0.3 is 6.09 Å². The second-order valence-corrected chi connectivity index (χ2v) is 4.52. The van der Waals surface area contributed by atoms with Crippen LogP contribution in [0.2, 0.25) is 0 Å². The van der Waals surface area contributed by atoms with Crippen molar-refractivity contribution in [1.82, 2.24) is 9.80 Å². The minimum Gasteiger partial charge on any atom is -0.465 e. The molecule has 0 saturated carbocycles. The molecule has 1 saturated heterocycles. The molecule has 1 heterocycles. The predicted molar refractivity (Wildman–Crippen MR) is 67.3 cm³/mol. The quantitative estimate of drug-likeness (QED) is 0.834. The third-order valence-corrected chi connectivity index (χ3v) is 3.31. The molecule has 0 spiro atoms. The number of aliphatic hydroxyl groups is 1. The number of amides is 1. The number of piperazine rings is 1. The van der Waals surface area contributed by atoms with E-state index in [9.17, 15) is 9.90 Å². The van der Waals surface area contributed by atoms with E-state index in [0.717, 1.165) is 6.54 Å². The summed E-state index contributed by atoms with van der Waals surface area (Å²) in [7, 11) is 0. The zero-order chi connectivity index (χ0) is 13.0. The molecule has 0 aromatic heterocycles. The maximum Gasteiger partial charge on any atom is 0.407 e. The summed E-state index contributed by atoms with van der Waals surface area (Å²) in [5, 5.41) is 18.3. The lowest BCUT2D eigenvalue weighted by atomic mass is 10.1. The number of hydrogen-bond donors (Lipinski definition) is 2. The van der Waals surface area contributed by atoms with Gasteiger partial charge in [-0.25, -0.2) is 4.79 Å². The Bertz CT molecular complexity index is 396. The summed E-state index contributed by atoms with van der Waals surface area (Å²) in [5.74, 6) is 0. The van der Waals surface area contributed by atoms with E-state index in [1.54, 1.807) is 0 Å². The fraction of sp³-hybridized carbons (Fsp3) is 0.462. The molecular formula is C13H18N2O3. The molecule has 1 aliphatic heterocycles. The molecular weight excluding hydrogens is 232 g/mol. The average molecular weight is 250 g/mol. The van der Waals surface area contributed by atoms with Crippen LogP contribution in [0.25, 0.3) is 0 Å². The lowest BCUT2D eigenvalue weighted by Gasteiger charge is -2.39. The molecule has 18 heavy (non-hydrogen) atoms. The molecule has 98 valence electrons. The molecule has 1 atom stereocenters. The molecule has 1 amide bonds. The van der Waals surface area contributed by atoms with Gasteiger partial charge in [0.15, 0.2) is 0 Å². The zero-order valence-corrected chi connectivity index (χ0v) is 10.2. The Kier molecular flexibility index (Phi) is 4.17. The van der Waals surface area contributed by atoms with E-state index in [1.807, 2.05) is 30.3 Å². The highest BCUT2D eigenvalue weighted by Crippen LogP contribution is 2.14. The standard InChI is InChI=1S/C13H18N2O3/c16-10-12-9-15(13(17)18)7-6-14(12)8-11-4-2-1-3-5-11/h1-5,12,16H,6-10H2,(H,17,18)/t12-/m0/s1. The maximum atomic E-state index is 10.9. The predicted octanol–water partition coefficient (Wildman–Crippen LogP) is 0.843. The molecule has 1 aromatic carbocycles. The summed E-state index contributed by atoms with van der Waals surface area (Å²) in [4.78, 5) is 14.4. The summed E-state index contributed by atoms with van der Waals surface area (Å²) in [6.45, 7) is 2.26. The SMILES string of the molecule is O=C(O)N1CCN(Cc2ccccc2)[C@H](CO)C1. The first kappa shape index (κ1) is 12.9. The van der Waals surface area contributed by atoms with Crippen molar-refractivity contribution in [1.29, 1.82) is 0 Å². The van der Waals surface area contributed by atoms with E-state index in [0.29, 0.717) is 19.6 Å². The molecule has 0 aliphatic carbocycles. The molecule has 1 aliphatic rings. The number of carbonyl (C=O) groups is 1. The summed E-state index contributed by atoms with van der Waals surface area (Å²) >= 11 is 0. The van der Waals surface area contributed by atoms with Gasteiger partial charge in [-0.2, -0.15) is 0 Å². The Morgan fingerprint density at radius 2 is 2.00 bits per heavy atom. The van der Waals surface area contributed by atoms with Gasteiger partial charge in [-0.1, -0.05) is 30.3 Å². The molecule has 0 radical (unpaired) electrons. The lowest BCUT2D eigenvalue weighted by Crippen LogP contribution is -2.55. The van der Waals surface area contributed by atoms with Crippen LogP contribution in [0.15, 0.2) is 30.3 Å². The molecule has 0 bridgehead atoms. The van der Waals surface area contributed by atoms with Crippen molar-refractivity contribution in [3.63, 3.8) is 0 Å². The monoisotopic (exact) mass is 250 g/mol. The number of hydrogen-bond acceptors (Lipinski definition) is 3. The Hall–Kier alpha value is -1.59. The smallest absolute Gasteiger partial charge is 0.407 e. The van der Waals surface area contributed by atoms with Crippen LogP contribution in [0.1, 0.15) is 5.56 Å². The van der Waals surface area contributed by atoms with Crippen LogP contribution in [-0.2, 0) is 6.54 Å². The second kappa shape index (κ2) is 5.84. The first-order valence-electron chi connectivity index (χ1n) is 6.07. The third kappa shape index (κ3) is 3.00. The molecule has 2 N–H and O–H groups in total. The summed E-state index contributed by atoms with van der Waals surface area (Å²) in [6.07, 6.45) is -0.909. The second-order valence-electron chi connectivity index (χ2n) is 4.52. The van der Waals surface area contributed by atoms with Crippen molar-refractivity contribution in [3.05, 3.63) is 35.9 Å². The summed E-state index contributed by atoms with van der Waals surface area (Å²) in [5.41, 5.74) is 1.18. The minimum absolute atomic E-state index is 0.0172. The van der Waals surface area contributed by atoms with Crippen molar-refractivity contribution in [2.24, 2.45) is 0 Å². The van der Waals surface area contributed by atoms with Crippen LogP contribution in [0.3, 0.4) is 0 Å². The molecule has 1 aromatic rings. The molecule has 2 rings (SSSR count).